The van der Waals surface area contributed by atoms with E-state index in [2.05, 4.69) is 37.2 Å². The number of anilines is 1. The summed E-state index contributed by atoms with van der Waals surface area (Å²) in [4.78, 5) is 0. The van der Waals surface area contributed by atoms with Crippen LogP contribution in [0.25, 0.3) is 0 Å². The molecule has 0 heterocycles. The third-order valence-corrected chi connectivity index (χ3v) is 4.65. The third-order valence-electron chi connectivity index (χ3n) is 2.77. The molecule has 0 aliphatic carbocycles. The molecule has 2 rings (SSSR count). The average molecular weight is 388 g/mol. The third kappa shape index (κ3) is 3.78. The second-order valence-electron chi connectivity index (χ2n) is 4.11. The van der Waals surface area contributed by atoms with Crippen molar-refractivity contribution in [3.05, 3.63) is 62.8 Å². The fourth-order valence-electron chi connectivity index (χ4n) is 1.75. The highest BCUT2D eigenvalue weighted by molar-refractivity contribution is 9.13. The lowest BCUT2D eigenvalue weighted by molar-refractivity contribution is 0.628. The van der Waals surface area contributed by atoms with Gasteiger partial charge in [-0.05, 0) is 73.8 Å². The number of hydrogen-bond acceptors (Lipinski definition) is 2. The Morgan fingerprint density at radius 1 is 1.05 bits per heavy atom. The quantitative estimate of drug-likeness (QED) is 0.812. The Labute approximate surface area is 128 Å². The summed E-state index contributed by atoms with van der Waals surface area (Å²) in [5.74, 6) is -0.249. The first-order valence-corrected chi connectivity index (χ1v) is 7.36. The van der Waals surface area contributed by atoms with Crippen LogP contribution in [-0.4, -0.2) is 6.54 Å². The second kappa shape index (κ2) is 6.50. The molecule has 0 aliphatic rings. The van der Waals surface area contributed by atoms with Crippen LogP contribution in [0.4, 0.5) is 10.1 Å². The number of benzene rings is 2. The van der Waals surface area contributed by atoms with Gasteiger partial charge in [0, 0.05) is 21.2 Å². The van der Waals surface area contributed by atoms with Crippen LogP contribution in [0.1, 0.15) is 11.6 Å². The van der Waals surface area contributed by atoms with Crippen LogP contribution in [-0.2, 0) is 0 Å². The van der Waals surface area contributed by atoms with Crippen LogP contribution >= 0.6 is 31.9 Å². The van der Waals surface area contributed by atoms with E-state index in [0.717, 1.165) is 20.2 Å². The summed E-state index contributed by atoms with van der Waals surface area (Å²) in [5.41, 5.74) is 7.72. The standard InChI is InChI=1S/C14H13Br2FN2/c15-12-6-1-9(7-13(12)16)14(8-18)19-11-4-2-10(17)3-5-11/h1-7,14,19H,8,18H2. The molecule has 0 aliphatic heterocycles. The first-order chi connectivity index (χ1) is 9.10. The van der Waals surface area contributed by atoms with E-state index in [1.165, 1.54) is 12.1 Å². The molecule has 0 amide bonds. The summed E-state index contributed by atoms with van der Waals surface area (Å²) in [7, 11) is 0. The van der Waals surface area contributed by atoms with Crippen molar-refractivity contribution in [2.24, 2.45) is 5.73 Å². The summed E-state index contributed by atoms with van der Waals surface area (Å²) < 4.78 is 14.8. The van der Waals surface area contributed by atoms with Gasteiger partial charge in [-0.2, -0.15) is 0 Å². The Morgan fingerprint density at radius 2 is 1.74 bits per heavy atom. The van der Waals surface area contributed by atoms with Crippen LogP contribution in [0.5, 0.6) is 0 Å². The molecule has 0 radical (unpaired) electrons. The van der Waals surface area contributed by atoms with Gasteiger partial charge >= 0.3 is 0 Å². The van der Waals surface area contributed by atoms with Crippen LogP contribution in [0, 0.1) is 5.82 Å². The molecule has 0 saturated heterocycles. The largest absolute Gasteiger partial charge is 0.377 e. The van der Waals surface area contributed by atoms with Crippen LogP contribution in [0.15, 0.2) is 51.4 Å². The maximum Gasteiger partial charge on any atom is 0.123 e. The lowest BCUT2D eigenvalue weighted by Crippen LogP contribution is -2.20. The Hall–Kier alpha value is -0.910. The molecule has 1 atom stereocenters. The topological polar surface area (TPSA) is 38.0 Å². The lowest BCUT2D eigenvalue weighted by Gasteiger charge is -2.19. The van der Waals surface area contributed by atoms with E-state index in [0.29, 0.717) is 6.54 Å². The molecular weight excluding hydrogens is 375 g/mol. The minimum absolute atomic E-state index is 0.0186. The molecule has 2 nitrogen and oxygen atoms in total. The predicted molar refractivity (Wildman–Crippen MR) is 83.7 cm³/mol. The number of nitrogens with one attached hydrogen (secondary N) is 1. The molecule has 3 N–H and O–H groups in total. The summed E-state index contributed by atoms with van der Waals surface area (Å²) in [6.07, 6.45) is 0. The molecule has 2 aromatic carbocycles. The van der Waals surface area contributed by atoms with Crippen molar-refractivity contribution in [3.8, 4) is 0 Å². The maximum atomic E-state index is 12.9. The van der Waals surface area contributed by atoms with Crippen molar-refractivity contribution in [2.45, 2.75) is 6.04 Å². The maximum absolute atomic E-state index is 12.9. The average Bonchev–Trinajstić information content (AvgIpc) is 2.41. The van der Waals surface area contributed by atoms with Gasteiger partial charge in [-0.1, -0.05) is 6.07 Å². The first-order valence-electron chi connectivity index (χ1n) is 5.77. The zero-order valence-electron chi connectivity index (χ0n) is 10.0. The smallest absolute Gasteiger partial charge is 0.123 e. The molecule has 19 heavy (non-hydrogen) atoms. The van der Waals surface area contributed by atoms with Crippen LogP contribution < -0.4 is 11.1 Å². The van der Waals surface area contributed by atoms with Gasteiger partial charge in [-0.25, -0.2) is 4.39 Å². The fourth-order valence-corrected chi connectivity index (χ4v) is 2.40. The highest BCUT2D eigenvalue weighted by atomic mass is 79.9. The first kappa shape index (κ1) is 14.5. The molecule has 0 saturated carbocycles. The Balaban J connectivity index is 2.19. The van der Waals surface area contributed by atoms with Crippen LogP contribution in [0.2, 0.25) is 0 Å². The van der Waals surface area contributed by atoms with Gasteiger partial charge in [0.05, 0.1) is 6.04 Å². The summed E-state index contributed by atoms with van der Waals surface area (Å²) in [6, 6.07) is 12.2. The predicted octanol–water partition coefficient (Wildman–Crippen LogP) is 4.46. The summed E-state index contributed by atoms with van der Waals surface area (Å²) >= 11 is 6.91. The lowest BCUT2D eigenvalue weighted by atomic mass is 10.1. The molecule has 0 spiro atoms. The van der Waals surface area contributed by atoms with E-state index in [1.807, 2.05) is 18.2 Å². The fraction of sp³-hybridized carbons (Fsp3) is 0.143. The molecule has 0 bridgehead atoms. The van der Waals surface area contributed by atoms with Crippen molar-refractivity contribution in [1.82, 2.24) is 0 Å². The van der Waals surface area contributed by atoms with Gasteiger partial charge in [0.25, 0.3) is 0 Å². The van der Waals surface area contributed by atoms with E-state index >= 15 is 0 Å². The highest BCUT2D eigenvalue weighted by Crippen LogP contribution is 2.27. The minimum Gasteiger partial charge on any atom is -0.377 e. The molecule has 1 unspecified atom stereocenters. The Kier molecular flexibility index (Phi) is 4.96. The molecule has 2 aromatic rings. The zero-order chi connectivity index (χ0) is 13.8. The number of hydrogen-bond donors (Lipinski definition) is 2. The number of nitrogens with two attached hydrogens (primary N) is 1. The summed E-state index contributed by atoms with van der Waals surface area (Å²) in [5, 5.41) is 3.29. The second-order valence-corrected chi connectivity index (χ2v) is 5.82. The normalized spacial score (nSPS) is 12.2. The molecular formula is C14H13Br2FN2. The van der Waals surface area contributed by atoms with E-state index < -0.39 is 0 Å². The minimum atomic E-state index is -0.249. The van der Waals surface area contributed by atoms with Gasteiger partial charge in [0.2, 0.25) is 0 Å². The number of halogens is 3. The van der Waals surface area contributed by atoms with Gasteiger partial charge in [0.1, 0.15) is 5.82 Å². The van der Waals surface area contributed by atoms with Gasteiger partial charge < -0.3 is 11.1 Å². The highest BCUT2D eigenvalue weighted by Gasteiger charge is 2.11. The van der Waals surface area contributed by atoms with E-state index in [-0.39, 0.29) is 11.9 Å². The van der Waals surface area contributed by atoms with Gasteiger partial charge in [-0.15, -0.1) is 0 Å². The van der Waals surface area contributed by atoms with Crippen molar-refractivity contribution >= 4 is 37.5 Å². The van der Waals surface area contributed by atoms with Crippen LogP contribution in [0.3, 0.4) is 0 Å². The van der Waals surface area contributed by atoms with Crippen molar-refractivity contribution in [3.63, 3.8) is 0 Å². The van der Waals surface area contributed by atoms with E-state index in [4.69, 9.17) is 5.73 Å². The van der Waals surface area contributed by atoms with E-state index in [9.17, 15) is 4.39 Å². The van der Waals surface area contributed by atoms with Crippen molar-refractivity contribution in [1.29, 1.82) is 0 Å². The Morgan fingerprint density at radius 3 is 2.32 bits per heavy atom. The number of rotatable bonds is 4. The van der Waals surface area contributed by atoms with Gasteiger partial charge in [0.15, 0.2) is 0 Å². The Bertz CT molecular complexity index is 558. The molecule has 5 heteroatoms. The van der Waals surface area contributed by atoms with Gasteiger partial charge in [-0.3, -0.25) is 0 Å². The zero-order valence-corrected chi connectivity index (χ0v) is 13.2. The summed E-state index contributed by atoms with van der Waals surface area (Å²) in [6.45, 7) is 0.450. The SMILES string of the molecule is NCC(Nc1ccc(F)cc1)c1ccc(Br)c(Br)c1. The monoisotopic (exact) mass is 386 g/mol. The van der Waals surface area contributed by atoms with E-state index in [1.54, 1.807) is 12.1 Å². The molecule has 0 fully saturated rings. The molecule has 0 aromatic heterocycles. The molecule has 100 valence electrons. The van der Waals surface area contributed by atoms with Crippen molar-refractivity contribution < 1.29 is 4.39 Å². The van der Waals surface area contributed by atoms with Crippen molar-refractivity contribution in [2.75, 3.05) is 11.9 Å².